The van der Waals surface area contributed by atoms with Crippen LogP contribution in [0.2, 0.25) is 0 Å². The molecule has 0 aliphatic heterocycles. The van der Waals surface area contributed by atoms with Gasteiger partial charge in [0, 0.05) is 29.4 Å². The van der Waals surface area contributed by atoms with Crippen molar-refractivity contribution >= 4 is 39.1 Å². The summed E-state index contributed by atoms with van der Waals surface area (Å²) in [6.45, 7) is 0.280. The number of nitrogens with one attached hydrogen (secondary N) is 2. The van der Waals surface area contributed by atoms with Gasteiger partial charge in [0.1, 0.15) is 5.00 Å². The van der Waals surface area contributed by atoms with E-state index in [0.717, 1.165) is 11.3 Å². The lowest BCUT2D eigenvalue weighted by Crippen LogP contribution is -2.31. The van der Waals surface area contributed by atoms with Crippen LogP contribution in [-0.2, 0) is 10.8 Å². The molecule has 6 nitrogen and oxygen atoms in total. The fraction of sp³-hybridized carbons (Fsp3) is 0.333. The first-order chi connectivity index (χ1) is 8.00. The van der Waals surface area contributed by atoms with E-state index in [1.165, 1.54) is 6.07 Å². The number of hydrogen-bond donors (Lipinski definition) is 3. The maximum atomic E-state index is 11.4. The number of hydrogen-bond acceptors (Lipinski definition) is 4. The molecule has 0 saturated carbocycles. The van der Waals surface area contributed by atoms with Crippen molar-refractivity contribution in [3.05, 3.63) is 17.0 Å². The molecular weight excluding hydrogens is 264 g/mol. The maximum Gasteiger partial charge on any atom is 0.338 e. The molecule has 1 aromatic rings. The third kappa shape index (κ3) is 4.53. The van der Waals surface area contributed by atoms with Crippen LogP contribution in [0.3, 0.4) is 0 Å². The molecule has 94 valence electrons. The van der Waals surface area contributed by atoms with Crippen LogP contribution in [0.15, 0.2) is 11.4 Å². The van der Waals surface area contributed by atoms with E-state index >= 15 is 0 Å². The first kappa shape index (κ1) is 13.7. The van der Waals surface area contributed by atoms with E-state index in [0.29, 0.717) is 5.75 Å². The molecule has 17 heavy (non-hydrogen) atoms. The summed E-state index contributed by atoms with van der Waals surface area (Å²) in [5.74, 6) is -0.722. The smallest absolute Gasteiger partial charge is 0.338 e. The molecule has 3 N–H and O–H groups in total. The summed E-state index contributed by atoms with van der Waals surface area (Å²) in [4.78, 5) is 22.1. The highest BCUT2D eigenvalue weighted by Gasteiger charge is 2.13. The van der Waals surface area contributed by atoms with E-state index in [1.807, 2.05) is 0 Å². The predicted octanol–water partition coefficient (Wildman–Crippen LogP) is 0.946. The van der Waals surface area contributed by atoms with Crippen molar-refractivity contribution in [1.82, 2.24) is 5.32 Å². The van der Waals surface area contributed by atoms with E-state index in [2.05, 4.69) is 10.6 Å². The fourth-order valence-electron chi connectivity index (χ4n) is 1.03. The minimum Gasteiger partial charge on any atom is -0.478 e. The van der Waals surface area contributed by atoms with Crippen molar-refractivity contribution in [3.63, 3.8) is 0 Å². The molecule has 1 rings (SSSR count). The Kier molecular flexibility index (Phi) is 5.11. The first-order valence-electron chi connectivity index (χ1n) is 4.66. The van der Waals surface area contributed by atoms with Gasteiger partial charge >= 0.3 is 12.0 Å². The summed E-state index contributed by atoms with van der Waals surface area (Å²) in [6.07, 6.45) is 1.54. The van der Waals surface area contributed by atoms with Crippen molar-refractivity contribution in [3.8, 4) is 0 Å². The first-order valence-corrected chi connectivity index (χ1v) is 7.27. The van der Waals surface area contributed by atoms with Crippen LogP contribution in [0.1, 0.15) is 10.4 Å². The Morgan fingerprint density at radius 1 is 1.53 bits per heavy atom. The van der Waals surface area contributed by atoms with Gasteiger partial charge in [0.15, 0.2) is 0 Å². The molecule has 0 bridgehead atoms. The molecule has 0 spiro atoms. The van der Waals surface area contributed by atoms with Gasteiger partial charge < -0.3 is 10.4 Å². The zero-order chi connectivity index (χ0) is 12.8. The number of carboxylic acids is 1. The molecule has 0 saturated heterocycles. The molecule has 0 aliphatic carbocycles. The van der Waals surface area contributed by atoms with Gasteiger partial charge in [0.2, 0.25) is 0 Å². The minimum absolute atomic E-state index is 0.0595. The molecular formula is C9H12N2O4S2. The molecule has 1 atom stereocenters. The molecule has 1 aromatic heterocycles. The fourth-order valence-corrected chi connectivity index (χ4v) is 2.19. The number of urea groups is 1. The zero-order valence-electron chi connectivity index (χ0n) is 9.06. The second-order valence-electron chi connectivity index (χ2n) is 3.13. The largest absolute Gasteiger partial charge is 0.478 e. The number of rotatable bonds is 5. The number of carboxylic acid groups (broad SMARTS) is 1. The molecule has 1 heterocycles. The molecule has 8 heteroatoms. The van der Waals surface area contributed by atoms with Crippen LogP contribution in [0.5, 0.6) is 0 Å². The van der Waals surface area contributed by atoms with Crippen molar-refractivity contribution in [2.24, 2.45) is 0 Å². The van der Waals surface area contributed by atoms with E-state index < -0.39 is 22.8 Å². The van der Waals surface area contributed by atoms with E-state index in [-0.39, 0.29) is 17.1 Å². The second kappa shape index (κ2) is 6.36. The third-order valence-electron chi connectivity index (χ3n) is 1.80. The Morgan fingerprint density at radius 2 is 2.24 bits per heavy atom. The number of thiophene rings is 1. The quantitative estimate of drug-likeness (QED) is 0.746. The molecule has 0 radical (unpaired) electrons. The van der Waals surface area contributed by atoms with Crippen LogP contribution in [-0.4, -0.2) is 39.9 Å². The van der Waals surface area contributed by atoms with Gasteiger partial charge in [-0.15, -0.1) is 11.3 Å². The maximum absolute atomic E-state index is 11.4. The molecule has 0 fully saturated rings. The van der Waals surface area contributed by atoms with Crippen molar-refractivity contribution in [2.75, 3.05) is 23.9 Å². The molecule has 1 unspecified atom stereocenters. The number of anilines is 1. The van der Waals surface area contributed by atoms with Gasteiger partial charge in [-0.05, 0) is 11.4 Å². The lowest BCUT2D eigenvalue weighted by atomic mass is 10.3. The van der Waals surface area contributed by atoms with Gasteiger partial charge in [-0.1, -0.05) is 0 Å². The average molecular weight is 276 g/mol. The van der Waals surface area contributed by atoms with Crippen LogP contribution < -0.4 is 10.6 Å². The third-order valence-corrected chi connectivity index (χ3v) is 3.41. The number of aromatic carboxylic acids is 1. The van der Waals surface area contributed by atoms with Crippen molar-refractivity contribution in [1.29, 1.82) is 0 Å². The Morgan fingerprint density at radius 3 is 2.82 bits per heavy atom. The molecule has 2 amide bonds. The van der Waals surface area contributed by atoms with E-state index in [1.54, 1.807) is 11.6 Å². The highest BCUT2D eigenvalue weighted by atomic mass is 32.2. The Bertz CT molecular complexity index is 444. The Labute approximate surface area is 104 Å². The van der Waals surface area contributed by atoms with Crippen LogP contribution in [0, 0.1) is 0 Å². The summed E-state index contributed by atoms with van der Waals surface area (Å²) in [5.41, 5.74) is 0.0595. The topological polar surface area (TPSA) is 95.5 Å². The predicted molar refractivity (Wildman–Crippen MR) is 67.2 cm³/mol. The van der Waals surface area contributed by atoms with Gasteiger partial charge in [-0.3, -0.25) is 9.53 Å². The SMILES string of the molecule is CS(=O)CCNC(=O)Nc1sccc1C(=O)O. The Balaban J connectivity index is 2.48. The molecule has 0 aliphatic rings. The summed E-state index contributed by atoms with van der Waals surface area (Å²) >= 11 is 1.13. The van der Waals surface area contributed by atoms with Crippen LogP contribution in [0.25, 0.3) is 0 Å². The van der Waals surface area contributed by atoms with Gasteiger partial charge in [-0.2, -0.15) is 0 Å². The lowest BCUT2D eigenvalue weighted by Gasteiger charge is -2.05. The van der Waals surface area contributed by atoms with Crippen molar-refractivity contribution < 1.29 is 18.9 Å². The van der Waals surface area contributed by atoms with Crippen molar-refractivity contribution in [2.45, 2.75) is 0 Å². The average Bonchev–Trinajstić information content (AvgIpc) is 2.65. The summed E-state index contributed by atoms with van der Waals surface area (Å²) in [6, 6.07) is 0.921. The monoisotopic (exact) mass is 276 g/mol. The normalized spacial score (nSPS) is 11.8. The number of carbonyl (C=O) groups is 2. The van der Waals surface area contributed by atoms with Gasteiger partial charge in [0.25, 0.3) is 0 Å². The van der Waals surface area contributed by atoms with E-state index in [4.69, 9.17) is 5.11 Å². The summed E-state index contributed by atoms with van der Waals surface area (Å²) in [5, 5.41) is 15.6. The lowest BCUT2D eigenvalue weighted by molar-refractivity contribution is 0.0698. The van der Waals surface area contributed by atoms with Gasteiger partial charge in [0.05, 0.1) is 5.56 Å². The number of carbonyl (C=O) groups excluding carboxylic acids is 1. The Hall–Kier alpha value is -1.41. The van der Waals surface area contributed by atoms with E-state index in [9.17, 15) is 13.8 Å². The van der Waals surface area contributed by atoms with Crippen LogP contribution in [0.4, 0.5) is 9.80 Å². The summed E-state index contributed by atoms with van der Waals surface area (Å²) in [7, 11) is -0.966. The highest BCUT2D eigenvalue weighted by molar-refractivity contribution is 7.84. The standard InChI is InChI=1S/C9H12N2O4S2/c1-17(15)5-3-10-9(14)11-7-6(8(12)13)2-4-16-7/h2,4H,3,5H2,1H3,(H,12,13)(H2,10,11,14). The van der Waals surface area contributed by atoms with Gasteiger partial charge in [-0.25, -0.2) is 9.59 Å². The highest BCUT2D eigenvalue weighted by Crippen LogP contribution is 2.22. The molecule has 0 aromatic carbocycles. The summed E-state index contributed by atoms with van der Waals surface area (Å²) < 4.78 is 10.7. The second-order valence-corrected chi connectivity index (χ2v) is 5.60. The minimum atomic E-state index is -1.09. The van der Waals surface area contributed by atoms with Crippen LogP contribution >= 0.6 is 11.3 Å². The number of amides is 2. The zero-order valence-corrected chi connectivity index (χ0v) is 10.7.